The van der Waals surface area contributed by atoms with Crippen LogP contribution in [0.3, 0.4) is 0 Å². The molecule has 0 bridgehead atoms. The predicted molar refractivity (Wildman–Crippen MR) is 362 cm³/mol. The second kappa shape index (κ2) is 19.0. The third-order valence-electron chi connectivity index (χ3n) is 17.1. The summed E-state index contributed by atoms with van der Waals surface area (Å²) in [5, 5.41) is 11.6. The molecule has 0 aliphatic heterocycles. The van der Waals surface area contributed by atoms with Crippen LogP contribution in [0.1, 0.15) is 52.7 Å². The van der Waals surface area contributed by atoms with Gasteiger partial charge in [-0.2, -0.15) is 0 Å². The first-order valence-corrected chi connectivity index (χ1v) is 30.6. The number of hydrogen-bond acceptors (Lipinski definition) is 6. The van der Waals surface area contributed by atoms with Gasteiger partial charge >= 0.3 is 0 Å². The summed E-state index contributed by atoms with van der Waals surface area (Å²) in [4.78, 5) is 4.83. The Balaban J connectivity index is 0.827. The summed E-state index contributed by atoms with van der Waals surface area (Å²) < 4.78 is 19.1. The number of thiophene rings is 2. The van der Waals surface area contributed by atoms with Crippen LogP contribution in [0.15, 0.2) is 251 Å². The molecule has 16 rings (SSSR count). The molecule has 0 atom stereocenters. The van der Waals surface area contributed by atoms with Gasteiger partial charge in [-0.05, 0) is 141 Å². The lowest BCUT2D eigenvalue weighted by molar-refractivity contribution is 0.590. The van der Waals surface area contributed by atoms with Gasteiger partial charge in [0.1, 0.15) is 22.3 Å². The fraction of sp³-hybridized carbons (Fsp3) is 0.103. The Bertz CT molecular complexity index is 4930. The van der Waals surface area contributed by atoms with E-state index in [4.69, 9.17) is 8.83 Å². The van der Waals surface area contributed by atoms with Gasteiger partial charge in [0.2, 0.25) is 0 Å². The van der Waals surface area contributed by atoms with Gasteiger partial charge in [-0.15, -0.1) is 22.7 Å². The van der Waals surface area contributed by atoms with Crippen LogP contribution < -0.4 is 9.80 Å². The predicted octanol–water partition coefficient (Wildman–Crippen LogP) is 24.2. The number of nitrogens with zero attached hydrogens (tertiary/aromatic N) is 2. The average molecular weight is 1120 g/mol. The van der Waals surface area contributed by atoms with E-state index >= 15 is 0 Å². The largest absolute Gasteiger partial charge is 0.456 e. The highest BCUT2D eigenvalue weighted by molar-refractivity contribution is 7.26. The zero-order valence-corrected chi connectivity index (χ0v) is 49.3. The Kier molecular flexibility index (Phi) is 11.4. The second-order valence-electron chi connectivity index (χ2n) is 24.5. The maximum absolute atomic E-state index is 6.98. The Morgan fingerprint density at radius 2 is 0.655 bits per heavy atom. The molecule has 4 nitrogen and oxygen atoms in total. The SMILES string of the molecule is CC(C)(C)c1ccc(N(c2ccc3c(c2)oc2cc4cc5c(cc4cc23)oc2cc(N(c3ccc(C(C)(C)C)cc3)c3ccc4c(sc6ccccc64)c3-c3ccccc3)ccc25)c2ccc3c(sc4ccccc43)c2-c2ccccc2)cc1. The number of rotatable bonds is 8. The van der Waals surface area contributed by atoms with Crippen molar-refractivity contribution < 1.29 is 8.83 Å². The Labute approximate surface area is 495 Å². The van der Waals surface area contributed by atoms with Gasteiger partial charge in [-0.3, -0.25) is 0 Å². The molecule has 0 saturated carbocycles. The monoisotopic (exact) mass is 1120 g/mol. The van der Waals surface area contributed by atoms with E-state index in [0.29, 0.717) is 0 Å². The maximum Gasteiger partial charge on any atom is 0.137 e. The second-order valence-corrected chi connectivity index (χ2v) is 26.6. The highest BCUT2D eigenvalue weighted by Gasteiger charge is 2.27. The summed E-state index contributed by atoms with van der Waals surface area (Å²) >= 11 is 3.73. The normalized spacial score (nSPS) is 12.4. The van der Waals surface area contributed by atoms with Crippen LogP contribution in [0.5, 0.6) is 0 Å². The molecule has 0 saturated heterocycles. The summed E-state index contributed by atoms with van der Waals surface area (Å²) in [7, 11) is 0. The van der Waals surface area contributed by atoms with E-state index in [1.165, 1.54) is 73.7 Å². The van der Waals surface area contributed by atoms with Gasteiger partial charge in [0.05, 0.1) is 11.4 Å². The number of furan rings is 2. The lowest BCUT2D eigenvalue weighted by Gasteiger charge is -2.29. The summed E-state index contributed by atoms with van der Waals surface area (Å²) in [6, 6.07) is 89.2. The average Bonchev–Trinajstić information content (AvgIpc) is 2.96. The van der Waals surface area contributed by atoms with E-state index in [1.807, 2.05) is 22.7 Å². The smallest absolute Gasteiger partial charge is 0.137 e. The minimum absolute atomic E-state index is 0.0109. The summed E-state index contributed by atoms with van der Waals surface area (Å²) in [6.45, 7) is 13.6. The third-order valence-corrected chi connectivity index (χ3v) is 19.6. The van der Waals surface area contributed by atoms with Crippen LogP contribution >= 0.6 is 22.7 Å². The molecular formula is C78H58N2O2S2. The zero-order chi connectivity index (χ0) is 56.6. The molecule has 16 aromatic rings. The lowest BCUT2D eigenvalue weighted by Crippen LogP contribution is -2.13. The van der Waals surface area contributed by atoms with E-state index in [0.717, 1.165) is 88.8 Å². The van der Waals surface area contributed by atoms with E-state index in [9.17, 15) is 0 Å². The summed E-state index contributed by atoms with van der Waals surface area (Å²) in [5.74, 6) is 0. The topological polar surface area (TPSA) is 32.8 Å². The van der Waals surface area contributed by atoms with Crippen molar-refractivity contribution in [2.75, 3.05) is 9.80 Å². The van der Waals surface area contributed by atoms with E-state index in [1.54, 1.807) is 0 Å². The van der Waals surface area contributed by atoms with Crippen molar-refractivity contribution in [2.24, 2.45) is 0 Å². The number of hydrogen-bond donors (Lipinski definition) is 0. The van der Waals surface area contributed by atoms with E-state index < -0.39 is 0 Å². The molecule has 0 radical (unpaired) electrons. The first kappa shape index (κ1) is 50.3. The van der Waals surface area contributed by atoms with Gasteiger partial charge in [0, 0.05) is 108 Å². The van der Waals surface area contributed by atoms with Crippen LogP contribution in [0, 0.1) is 0 Å². The van der Waals surface area contributed by atoms with Gasteiger partial charge in [0.25, 0.3) is 0 Å². The van der Waals surface area contributed by atoms with Crippen molar-refractivity contribution in [3.8, 4) is 22.3 Å². The highest BCUT2D eigenvalue weighted by atomic mass is 32.1. The van der Waals surface area contributed by atoms with E-state index in [2.05, 4.69) is 294 Å². The molecule has 0 aliphatic rings. The van der Waals surface area contributed by atoms with Crippen LogP contribution in [0.2, 0.25) is 0 Å². The zero-order valence-electron chi connectivity index (χ0n) is 47.6. The molecule has 4 aromatic heterocycles. The molecule has 4 heterocycles. The quantitative estimate of drug-likeness (QED) is 0.152. The fourth-order valence-electron chi connectivity index (χ4n) is 12.8. The maximum atomic E-state index is 6.98. The molecule has 84 heavy (non-hydrogen) atoms. The van der Waals surface area contributed by atoms with Crippen molar-refractivity contribution >= 4 is 152 Å². The first-order valence-electron chi connectivity index (χ1n) is 29.0. The van der Waals surface area contributed by atoms with Gasteiger partial charge in [-0.25, -0.2) is 0 Å². The number of anilines is 6. The molecule has 0 amide bonds. The molecule has 0 fully saturated rings. The van der Waals surface area contributed by atoms with E-state index in [-0.39, 0.29) is 10.8 Å². The van der Waals surface area contributed by atoms with Gasteiger partial charge < -0.3 is 18.6 Å². The third kappa shape index (κ3) is 8.22. The molecule has 0 spiro atoms. The van der Waals surface area contributed by atoms with Gasteiger partial charge in [0.15, 0.2) is 0 Å². The fourth-order valence-corrected chi connectivity index (χ4v) is 15.4. The van der Waals surface area contributed by atoms with Crippen LogP contribution in [-0.4, -0.2) is 0 Å². The minimum Gasteiger partial charge on any atom is -0.456 e. The molecule has 0 aliphatic carbocycles. The minimum atomic E-state index is 0.0109. The molecular weight excluding hydrogens is 1060 g/mol. The number of fused-ring (bicyclic) bond motifs is 13. The Morgan fingerprint density at radius 3 is 1.06 bits per heavy atom. The first-order chi connectivity index (χ1) is 40.9. The van der Waals surface area contributed by atoms with Crippen LogP contribution in [-0.2, 0) is 10.8 Å². The van der Waals surface area contributed by atoms with Crippen molar-refractivity contribution in [3.63, 3.8) is 0 Å². The standard InChI is InChI=1S/C78H58N2O2S2/c1-77(2,3)51-25-29-53(30-26-51)79(65-39-37-61-59-21-13-15-23-71(59)83-75(61)73(65)47-17-9-7-10-18-47)55-33-35-57-63-41-49-44-68-64(42-50(49)43-67(63)81-69(57)45-55)58-36-34-56(46-70(58)82-68)80(54-31-27-52(28-32-54)78(4,5)6)66-40-38-62-60-22-14-16-24-72(60)84-76(62)74(66)48-19-11-8-12-20-48/h7-46H,1-6H3. The Morgan fingerprint density at radius 1 is 0.298 bits per heavy atom. The molecule has 0 N–H and O–H groups in total. The lowest BCUT2D eigenvalue weighted by atomic mass is 9.87. The van der Waals surface area contributed by atoms with Crippen molar-refractivity contribution in [1.29, 1.82) is 0 Å². The molecule has 0 unspecified atom stereocenters. The van der Waals surface area contributed by atoms with Crippen molar-refractivity contribution in [2.45, 2.75) is 52.4 Å². The van der Waals surface area contributed by atoms with Crippen LogP contribution in [0.25, 0.3) is 117 Å². The van der Waals surface area contributed by atoms with Gasteiger partial charge in [-0.1, -0.05) is 175 Å². The number of benzene rings is 12. The Hall–Kier alpha value is -9.46. The van der Waals surface area contributed by atoms with Crippen molar-refractivity contribution in [1.82, 2.24) is 0 Å². The molecule has 6 heteroatoms. The molecule has 404 valence electrons. The molecule has 12 aromatic carbocycles. The summed E-state index contributed by atoms with van der Waals surface area (Å²) in [6.07, 6.45) is 0. The summed E-state index contributed by atoms with van der Waals surface area (Å²) in [5.41, 5.74) is 17.2. The van der Waals surface area contributed by atoms with Crippen LogP contribution in [0.4, 0.5) is 34.1 Å². The highest BCUT2D eigenvalue weighted by Crippen LogP contribution is 2.52. The van der Waals surface area contributed by atoms with Crippen molar-refractivity contribution in [3.05, 3.63) is 254 Å².